The lowest BCUT2D eigenvalue weighted by Gasteiger charge is -2.17. The summed E-state index contributed by atoms with van der Waals surface area (Å²) in [4.78, 5) is 36.6. The topological polar surface area (TPSA) is 87.3 Å². The van der Waals surface area contributed by atoms with Gasteiger partial charge in [-0.3, -0.25) is 14.4 Å². The van der Waals surface area contributed by atoms with Gasteiger partial charge < -0.3 is 16.0 Å². The molecule has 3 N–H and O–H groups in total. The van der Waals surface area contributed by atoms with Gasteiger partial charge in [0.1, 0.15) is 0 Å². The van der Waals surface area contributed by atoms with Crippen molar-refractivity contribution in [1.29, 1.82) is 0 Å². The van der Waals surface area contributed by atoms with Crippen LogP contribution in [0, 0.1) is 6.92 Å². The van der Waals surface area contributed by atoms with E-state index in [-0.39, 0.29) is 17.7 Å². The summed E-state index contributed by atoms with van der Waals surface area (Å²) in [5.74, 6) is -0.0578. The highest BCUT2D eigenvalue weighted by Gasteiger charge is 2.17. The van der Waals surface area contributed by atoms with E-state index >= 15 is 0 Å². The van der Waals surface area contributed by atoms with Gasteiger partial charge in [0.05, 0.1) is 11.4 Å². The first kappa shape index (κ1) is 18.0. The third kappa shape index (κ3) is 4.05. The van der Waals surface area contributed by atoms with Crippen molar-refractivity contribution in [3.8, 4) is 0 Å². The van der Waals surface area contributed by atoms with E-state index in [9.17, 15) is 14.4 Å². The van der Waals surface area contributed by atoms with Gasteiger partial charge in [0.2, 0.25) is 11.8 Å². The zero-order chi connectivity index (χ0) is 18.7. The molecule has 3 amide bonds. The van der Waals surface area contributed by atoms with Crippen LogP contribution >= 0.6 is 11.8 Å². The lowest BCUT2D eigenvalue weighted by Crippen LogP contribution is -2.20. The minimum absolute atomic E-state index is 0.0738. The van der Waals surface area contributed by atoms with Gasteiger partial charge in [-0.1, -0.05) is 13.0 Å². The molecule has 0 aromatic heterocycles. The van der Waals surface area contributed by atoms with Crippen molar-refractivity contribution >= 4 is 46.5 Å². The first-order valence-corrected chi connectivity index (χ1v) is 9.23. The van der Waals surface area contributed by atoms with Crippen LogP contribution in [-0.4, -0.2) is 23.5 Å². The van der Waals surface area contributed by atoms with Crippen LogP contribution in [0.25, 0.3) is 0 Å². The van der Waals surface area contributed by atoms with Crippen LogP contribution in [0.1, 0.15) is 29.3 Å². The molecule has 6 nitrogen and oxygen atoms in total. The van der Waals surface area contributed by atoms with Gasteiger partial charge in [-0.05, 0) is 42.8 Å². The van der Waals surface area contributed by atoms with Gasteiger partial charge in [0.25, 0.3) is 5.91 Å². The van der Waals surface area contributed by atoms with Crippen molar-refractivity contribution in [3.63, 3.8) is 0 Å². The maximum atomic E-state index is 12.6. The number of fused-ring (bicyclic) bond motifs is 1. The van der Waals surface area contributed by atoms with E-state index in [1.165, 1.54) is 11.8 Å². The zero-order valence-electron chi connectivity index (χ0n) is 14.5. The lowest BCUT2D eigenvalue weighted by molar-refractivity contribution is -0.116. The normalized spacial score (nSPS) is 12.8. The first-order valence-electron chi connectivity index (χ1n) is 8.25. The Bertz CT molecular complexity index is 896. The van der Waals surface area contributed by atoms with Crippen LogP contribution in [0.3, 0.4) is 0 Å². The quantitative estimate of drug-likeness (QED) is 0.768. The summed E-state index contributed by atoms with van der Waals surface area (Å²) in [6.45, 7) is 3.66. The fourth-order valence-corrected chi connectivity index (χ4v) is 3.29. The molecule has 7 heteroatoms. The van der Waals surface area contributed by atoms with Gasteiger partial charge in [-0.25, -0.2) is 0 Å². The van der Waals surface area contributed by atoms with Crippen LogP contribution in [0.5, 0.6) is 0 Å². The Morgan fingerprint density at radius 2 is 1.96 bits per heavy atom. The van der Waals surface area contributed by atoms with E-state index in [0.29, 0.717) is 34.8 Å². The van der Waals surface area contributed by atoms with Crippen molar-refractivity contribution in [2.45, 2.75) is 25.2 Å². The highest BCUT2D eigenvalue weighted by molar-refractivity contribution is 8.00. The summed E-state index contributed by atoms with van der Waals surface area (Å²) in [6.07, 6.45) is 0.383. The molecule has 0 radical (unpaired) electrons. The molecule has 134 valence electrons. The number of rotatable bonds is 4. The fraction of sp³-hybridized carbons (Fsp3) is 0.211. The summed E-state index contributed by atoms with van der Waals surface area (Å²) in [5.41, 5.74) is 3.25. The smallest absolute Gasteiger partial charge is 0.255 e. The Morgan fingerprint density at radius 3 is 2.73 bits per heavy atom. The van der Waals surface area contributed by atoms with E-state index in [4.69, 9.17) is 0 Å². The summed E-state index contributed by atoms with van der Waals surface area (Å²) < 4.78 is 0. The molecule has 0 atom stereocenters. The number of thioether (sulfide) groups is 1. The average molecular weight is 369 g/mol. The third-order valence-electron chi connectivity index (χ3n) is 3.97. The SMILES string of the molecule is CCC(=O)Nc1ccc(C)c(NC(=O)c2ccc3c(c2)NC(=O)CS3)c1. The van der Waals surface area contributed by atoms with Crippen molar-refractivity contribution in [2.75, 3.05) is 21.7 Å². The highest BCUT2D eigenvalue weighted by Crippen LogP contribution is 2.32. The van der Waals surface area contributed by atoms with Gasteiger partial charge in [0, 0.05) is 28.3 Å². The number of hydrogen-bond acceptors (Lipinski definition) is 4. The molecule has 0 saturated heterocycles. The van der Waals surface area contributed by atoms with Gasteiger partial charge >= 0.3 is 0 Å². The van der Waals surface area contributed by atoms with E-state index in [2.05, 4.69) is 16.0 Å². The molecule has 1 aliphatic rings. The minimum atomic E-state index is -0.278. The standard InChI is InChI=1S/C19H19N3O3S/c1-3-17(23)20-13-6-4-11(2)14(9-13)22-19(25)12-5-7-16-15(8-12)21-18(24)10-26-16/h4-9H,3,10H2,1-2H3,(H,20,23)(H,21,24)(H,22,25). The van der Waals surface area contributed by atoms with E-state index < -0.39 is 0 Å². The molecule has 2 aromatic carbocycles. The molecule has 1 aliphatic heterocycles. The molecule has 0 bridgehead atoms. The number of nitrogens with one attached hydrogen (secondary N) is 3. The van der Waals surface area contributed by atoms with E-state index in [0.717, 1.165) is 10.5 Å². The maximum absolute atomic E-state index is 12.6. The summed E-state index contributed by atoms with van der Waals surface area (Å²) >= 11 is 1.45. The number of hydrogen-bond donors (Lipinski definition) is 3. The number of carbonyl (C=O) groups excluding carboxylic acids is 3. The van der Waals surface area contributed by atoms with Gasteiger partial charge in [-0.2, -0.15) is 0 Å². The van der Waals surface area contributed by atoms with Crippen molar-refractivity contribution < 1.29 is 14.4 Å². The van der Waals surface area contributed by atoms with E-state index in [1.54, 1.807) is 31.2 Å². The molecule has 26 heavy (non-hydrogen) atoms. The Hall–Kier alpha value is -2.80. The molecule has 0 unspecified atom stereocenters. The molecule has 0 fully saturated rings. The monoisotopic (exact) mass is 369 g/mol. The molecular weight excluding hydrogens is 350 g/mol. The second kappa shape index (κ2) is 7.61. The summed E-state index contributed by atoms with van der Waals surface area (Å²) in [5, 5.41) is 8.42. The van der Waals surface area contributed by atoms with Crippen molar-refractivity contribution in [1.82, 2.24) is 0 Å². The van der Waals surface area contributed by atoms with E-state index in [1.807, 2.05) is 19.1 Å². The zero-order valence-corrected chi connectivity index (χ0v) is 15.3. The van der Waals surface area contributed by atoms with Crippen LogP contribution in [0.2, 0.25) is 0 Å². The fourth-order valence-electron chi connectivity index (χ4n) is 2.50. The first-order chi connectivity index (χ1) is 12.5. The minimum Gasteiger partial charge on any atom is -0.326 e. The average Bonchev–Trinajstić information content (AvgIpc) is 2.63. The molecule has 0 spiro atoms. The molecule has 0 saturated carbocycles. The van der Waals surface area contributed by atoms with Crippen LogP contribution in [-0.2, 0) is 9.59 Å². The third-order valence-corrected chi connectivity index (χ3v) is 5.04. The second-order valence-electron chi connectivity index (χ2n) is 5.93. The largest absolute Gasteiger partial charge is 0.326 e. The Kier molecular flexibility index (Phi) is 5.27. The van der Waals surface area contributed by atoms with Crippen molar-refractivity contribution in [2.24, 2.45) is 0 Å². The predicted molar refractivity (Wildman–Crippen MR) is 104 cm³/mol. The van der Waals surface area contributed by atoms with Crippen LogP contribution < -0.4 is 16.0 Å². The Morgan fingerprint density at radius 1 is 1.15 bits per heavy atom. The molecule has 0 aliphatic carbocycles. The highest BCUT2D eigenvalue weighted by atomic mass is 32.2. The van der Waals surface area contributed by atoms with Gasteiger partial charge in [-0.15, -0.1) is 11.8 Å². The van der Waals surface area contributed by atoms with Crippen LogP contribution in [0.4, 0.5) is 17.1 Å². The van der Waals surface area contributed by atoms with Crippen molar-refractivity contribution in [3.05, 3.63) is 47.5 Å². The van der Waals surface area contributed by atoms with Crippen LogP contribution in [0.15, 0.2) is 41.3 Å². The second-order valence-corrected chi connectivity index (χ2v) is 6.95. The lowest BCUT2D eigenvalue weighted by atomic mass is 10.1. The number of carbonyl (C=O) groups is 3. The number of aryl methyl sites for hydroxylation is 1. The Balaban J connectivity index is 1.79. The molecule has 2 aromatic rings. The summed E-state index contributed by atoms with van der Waals surface area (Å²) in [6, 6.07) is 10.6. The molecule has 1 heterocycles. The number of benzene rings is 2. The molecular formula is C19H19N3O3S. The molecule has 3 rings (SSSR count). The summed E-state index contributed by atoms with van der Waals surface area (Å²) in [7, 11) is 0. The Labute approximate surface area is 155 Å². The maximum Gasteiger partial charge on any atom is 0.255 e. The predicted octanol–water partition coefficient (Wildman–Crippen LogP) is 3.64. The van der Waals surface area contributed by atoms with Gasteiger partial charge in [0.15, 0.2) is 0 Å². The number of anilines is 3. The number of amides is 3.